The van der Waals surface area contributed by atoms with Crippen molar-refractivity contribution < 1.29 is 13.2 Å². The van der Waals surface area contributed by atoms with Crippen molar-refractivity contribution in [2.24, 2.45) is 0 Å². The molecule has 0 spiro atoms. The zero-order chi connectivity index (χ0) is 13.3. The minimum absolute atomic E-state index is 0.0388. The topological polar surface area (TPSA) is 33.6 Å². The Balaban J connectivity index is 2.66. The van der Waals surface area contributed by atoms with Crippen LogP contribution >= 0.6 is 12.2 Å². The Kier molecular flexibility index (Phi) is 3.51. The summed E-state index contributed by atoms with van der Waals surface area (Å²) in [5.74, 6) is -2.93. The van der Waals surface area contributed by atoms with E-state index in [4.69, 9.17) is 12.2 Å². The van der Waals surface area contributed by atoms with Gasteiger partial charge in [-0.05, 0) is 18.6 Å². The van der Waals surface area contributed by atoms with E-state index in [2.05, 4.69) is 10.2 Å². The lowest BCUT2D eigenvalue weighted by atomic mass is 10.1. The average molecular weight is 273 g/mol. The quantitative estimate of drug-likeness (QED) is 0.869. The molecule has 1 N–H and O–H groups in total. The Hall–Kier alpha value is -1.63. The molecule has 1 aromatic heterocycles. The largest absolute Gasteiger partial charge is 0.300 e. The van der Waals surface area contributed by atoms with Crippen molar-refractivity contribution in [3.05, 3.63) is 34.4 Å². The van der Waals surface area contributed by atoms with E-state index in [0.717, 1.165) is 6.42 Å². The van der Waals surface area contributed by atoms with Gasteiger partial charge in [-0.1, -0.05) is 6.92 Å². The molecule has 2 aromatic rings. The van der Waals surface area contributed by atoms with Crippen LogP contribution in [0.3, 0.4) is 0 Å². The van der Waals surface area contributed by atoms with E-state index < -0.39 is 17.5 Å². The molecule has 1 heterocycles. The van der Waals surface area contributed by atoms with Crippen molar-refractivity contribution in [3.8, 4) is 11.4 Å². The molecule has 0 unspecified atom stereocenters. The lowest BCUT2D eigenvalue weighted by molar-refractivity contribution is 0.544. The number of nitrogens with zero attached hydrogens (tertiary/aromatic N) is 2. The van der Waals surface area contributed by atoms with Crippen LogP contribution in [0.15, 0.2) is 12.1 Å². The summed E-state index contributed by atoms with van der Waals surface area (Å²) in [6.45, 7) is 2.37. The van der Waals surface area contributed by atoms with Gasteiger partial charge >= 0.3 is 0 Å². The van der Waals surface area contributed by atoms with Gasteiger partial charge in [0.2, 0.25) is 0 Å². The highest BCUT2D eigenvalue weighted by Crippen LogP contribution is 2.25. The van der Waals surface area contributed by atoms with Gasteiger partial charge < -0.3 is 4.57 Å². The standard InChI is InChI=1S/C11H10F3N3S/c1-2-3-17-10(15-16-11(17)18)9-7(13)4-6(12)5-8(9)14/h4-5H,2-3H2,1H3,(H,16,18). The van der Waals surface area contributed by atoms with Gasteiger partial charge in [-0.15, -0.1) is 0 Å². The first-order valence-electron chi connectivity index (χ1n) is 5.34. The lowest BCUT2D eigenvalue weighted by Crippen LogP contribution is -2.03. The number of aromatic amines is 1. The maximum absolute atomic E-state index is 13.6. The molecule has 7 heteroatoms. The van der Waals surface area contributed by atoms with E-state index in [0.29, 0.717) is 18.7 Å². The highest BCUT2D eigenvalue weighted by Gasteiger charge is 2.19. The fourth-order valence-electron chi connectivity index (χ4n) is 1.70. The molecule has 0 aliphatic heterocycles. The SMILES string of the molecule is CCCn1c(-c2c(F)cc(F)cc2F)n[nH]c1=S. The smallest absolute Gasteiger partial charge is 0.195 e. The molecule has 18 heavy (non-hydrogen) atoms. The lowest BCUT2D eigenvalue weighted by Gasteiger charge is -2.07. The van der Waals surface area contributed by atoms with Crippen molar-refractivity contribution in [2.75, 3.05) is 0 Å². The van der Waals surface area contributed by atoms with E-state index >= 15 is 0 Å². The zero-order valence-corrected chi connectivity index (χ0v) is 10.3. The number of hydrogen-bond acceptors (Lipinski definition) is 2. The van der Waals surface area contributed by atoms with Gasteiger partial charge in [0.15, 0.2) is 10.6 Å². The predicted molar refractivity (Wildman–Crippen MR) is 63.0 cm³/mol. The van der Waals surface area contributed by atoms with Gasteiger partial charge in [-0.2, -0.15) is 5.10 Å². The van der Waals surface area contributed by atoms with Gasteiger partial charge in [-0.3, -0.25) is 5.10 Å². The fourth-order valence-corrected chi connectivity index (χ4v) is 1.92. The Morgan fingerprint density at radius 3 is 2.44 bits per heavy atom. The number of hydrogen-bond donors (Lipinski definition) is 1. The van der Waals surface area contributed by atoms with Crippen molar-refractivity contribution in [1.82, 2.24) is 14.8 Å². The maximum Gasteiger partial charge on any atom is 0.195 e. The summed E-state index contributed by atoms with van der Waals surface area (Å²) >= 11 is 4.98. The third kappa shape index (κ3) is 2.17. The highest BCUT2D eigenvalue weighted by molar-refractivity contribution is 7.71. The first kappa shape index (κ1) is 12.8. The molecule has 0 aliphatic rings. The predicted octanol–water partition coefficient (Wildman–Crippen LogP) is 3.43. The van der Waals surface area contributed by atoms with E-state index in [1.54, 1.807) is 0 Å². The molecular formula is C11H10F3N3S. The molecule has 3 nitrogen and oxygen atoms in total. The molecule has 96 valence electrons. The molecule has 0 fully saturated rings. The van der Waals surface area contributed by atoms with Crippen molar-refractivity contribution in [1.29, 1.82) is 0 Å². The van der Waals surface area contributed by atoms with E-state index in [1.165, 1.54) is 4.57 Å². The number of aromatic nitrogens is 3. The van der Waals surface area contributed by atoms with E-state index in [1.807, 2.05) is 6.92 Å². The van der Waals surface area contributed by atoms with E-state index in [-0.39, 0.29) is 16.2 Å². The van der Waals surface area contributed by atoms with Crippen LogP contribution in [0.4, 0.5) is 13.2 Å². The summed E-state index contributed by atoms with van der Waals surface area (Å²) in [5.41, 5.74) is -0.378. The second-order valence-corrected chi connectivity index (χ2v) is 4.14. The monoisotopic (exact) mass is 273 g/mol. The summed E-state index contributed by atoms with van der Waals surface area (Å²) in [6, 6.07) is 1.23. The second-order valence-electron chi connectivity index (χ2n) is 3.75. The van der Waals surface area contributed by atoms with Crippen LogP contribution in [0.1, 0.15) is 13.3 Å². The summed E-state index contributed by atoms with van der Waals surface area (Å²) in [6.07, 6.45) is 0.727. The van der Waals surface area contributed by atoms with Gasteiger partial charge in [0.1, 0.15) is 17.5 Å². The Labute approximate surface area is 106 Å². The van der Waals surface area contributed by atoms with Crippen molar-refractivity contribution in [2.45, 2.75) is 19.9 Å². The molecule has 0 bridgehead atoms. The summed E-state index contributed by atoms with van der Waals surface area (Å²) < 4.78 is 41.9. The van der Waals surface area contributed by atoms with Gasteiger partial charge in [0.25, 0.3) is 0 Å². The van der Waals surface area contributed by atoms with Crippen molar-refractivity contribution >= 4 is 12.2 Å². The number of H-pyrrole nitrogens is 1. The van der Waals surface area contributed by atoms with Crippen LogP contribution in [-0.2, 0) is 6.54 Å². The Morgan fingerprint density at radius 2 is 1.89 bits per heavy atom. The summed E-state index contributed by atoms with van der Waals surface area (Å²) in [5, 5.41) is 6.28. The third-order valence-electron chi connectivity index (χ3n) is 2.44. The minimum Gasteiger partial charge on any atom is -0.300 e. The molecule has 0 aliphatic carbocycles. The normalized spacial score (nSPS) is 10.9. The van der Waals surface area contributed by atoms with Crippen molar-refractivity contribution in [3.63, 3.8) is 0 Å². The second kappa shape index (κ2) is 4.93. The van der Waals surface area contributed by atoms with Crippen LogP contribution in [-0.4, -0.2) is 14.8 Å². The maximum atomic E-state index is 13.6. The van der Waals surface area contributed by atoms with Crippen LogP contribution in [0, 0.1) is 22.2 Å². The number of benzene rings is 1. The van der Waals surface area contributed by atoms with Crippen LogP contribution in [0.2, 0.25) is 0 Å². The molecule has 0 amide bonds. The van der Waals surface area contributed by atoms with Crippen LogP contribution < -0.4 is 0 Å². The van der Waals surface area contributed by atoms with Crippen LogP contribution in [0.25, 0.3) is 11.4 Å². The molecule has 0 saturated heterocycles. The molecule has 0 radical (unpaired) electrons. The number of halogens is 3. The fraction of sp³-hybridized carbons (Fsp3) is 0.273. The summed E-state index contributed by atoms with van der Waals surface area (Å²) in [7, 11) is 0. The molecule has 0 atom stereocenters. The first-order valence-corrected chi connectivity index (χ1v) is 5.75. The van der Waals surface area contributed by atoms with Gasteiger partial charge in [0, 0.05) is 18.7 Å². The average Bonchev–Trinajstić information content (AvgIpc) is 2.61. The molecule has 2 rings (SSSR count). The molecule has 1 aromatic carbocycles. The zero-order valence-electron chi connectivity index (χ0n) is 9.51. The first-order chi connectivity index (χ1) is 8.54. The molecular weight excluding hydrogens is 263 g/mol. The van der Waals surface area contributed by atoms with Gasteiger partial charge in [-0.25, -0.2) is 13.2 Å². The third-order valence-corrected chi connectivity index (χ3v) is 2.75. The molecule has 0 saturated carbocycles. The highest BCUT2D eigenvalue weighted by atomic mass is 32.1. The Bertz CT molecular complexity index is 610. The van der Waals surface area contributed by atoms with E-state index in [9.17, 15) is 13.2 Å². The number of rotatable bonds is 3. The van der Waals surface area contributed by atoms with Gasteiger partial charge in [0.05, 0.1) is 5.56 Å². The minimum atomic E-state index is -1.00. The Morgan fingerprint density at radius 1 is 1.28 bits per heavy atom. The van der Waals surface area contributed by atoms with Crippen LogP contribution in [0.5, 0.6) is 0 Å². The number of nitrogens with one attached hydrogen (secondary N) is 1. The summed E-state index contributed by atoms with van der Waals surface area (Å²) in [4.78, 5) is 0.